The number of carbonyl (C=O) groups excluding carboxylic acids is 2. The van der Waals surface area contributed by atoms with E-state index in [9.17, 15) is 18.4 Å². The molecule has 26 heavy (non-hydrogen) atoms. The molecule has 0 N–H and O–H groups in total. The van der Waals surface area contributed by atoms with Crippen LogP contribution in [0.5, 0.6) is 0 Å². The Morgan fingerprint density at radius 1 is 0.846 bits per heavy atom. The monoisotopic (exact) mass is 358 g/mol. The zero-order valence-electron chi connectivity index (χ0n) is 14.3. The molecule has 1 saturated heterocycles. The van der Waals surface area contributed by atoms with E-state index in [1.54, 1.807) is 28.0 Å². The number of benzene rings is 2. The van der Waals surface area contributed by atoms with E-state index in [0.717, 1.165) is 5.56 Å². The molecule has 1 fully saturated rings. The van der Waals surface area contributed by atoms with Crippen LogP contribution in [-0.2, 0) is 11.2 Å². The number of amides is 2. The van der Waals surface area contributed by atoms with Crippen LogP contribution in [0.15, 0.2) is 48.5 Å². The summed E-state index contributed by atoms with van der Waals surface area (Å²) < 4.78 is 26.3. The molecule has 0 bridgehead atoms. The van der Waals surface area contributed by atoms with Crippen molar-refractivity contribution in [1.29, 1.82) is 0 Å². The largest absolute Gasteiger partial charge is 0.341 e. The summed E-state index contributed by atoms with van der Waals surface area (Å²) >= 11 is 0. The summed E-state index contributed by atoms with van der Waals surface area (Å²) in [6.07, 6.45) is 0.869. The van der Waals surface area contributed by atoms with Gasteiger partial charge in [-0.05, 0) is 42.3 Å². The second-order valence-corrected chi connectivity index (χ2v) is 6.34. The Balaban J connectivity index is 1.59. The fourth-order valence-corrected chi connectivity index (χ4v) is 3.06. The van der Waals surface area contributed by atoms with E-state index in [1.165, 1.54) is 30.3 Å². The highest BCUT2D eigenvalue weighted by Crippen LogP contribution is 2.12. The van der Waals surface area contributed by atoms with Gasteiger partial charge in [-0.2, -0.15) is 0 Å². The fourth-order valence-electron chi connectivity index (χ4n) is 3.06. The molecule has 0 unspecified atom stereocenters. The second kappa shape index (κ2) is 8.08. The van der Waals surface area contributed by atoms with E-state index in [2.05, 4.69) is 0 Å². The van der Waals surface area contributed by atoms with Crippen molar-refractivity contribution < 1.29 is 18.4 Å². The minimum absolute atomic E-state index is 0.0448. The van der Waals surface area contributed by atoms with Gasteiger partial charge in [-0.25, -0.2) is 8.78 Å². The number of hydrogen-bond acceptors (Lipinski definition) is 2. The van der Waals surface area contributed by atoms with Crippen molar-refractivity contribution in [2.24, 2.45) is 0 Å². The summed E-state index contributed by atoms with van der Waals surface area (Å²) in [6, 6.07) is 11.5. The summed E-state index contributed by atoms with van der Waals surface area (Å²) in [5, 5.41) is 0. The summed E-state index contributed by atoms with van der Waals surface area (Å²) in [6.45, 7) is 1.92. The predicted molar refractivity (Wildman–Crippen MR) is 93.6 cm³/mol. The highest BCUT2D eigenvalue weighted by Gasteiger charge is 2.23. The van der Waals surface area contributed by atoms with Crippen LogP contribution in [0.2, 0.25) is 0 Å². The predicted octanol–water partition coefficient (Wildman–Crippen LogP) is 2.88. The van der Waals surface area contributed by atoms with Gasteiger partial charge in [0.25, 0.3) is 5.91 Å². The Hall–Kier alpha value is -2.76. The third-order valence-electron chi connectivity index (χ3n) is 4.48. The molecule has 0 saturated carbocycles. The molecule has 0 aliphatic carbocycles. The first kappa shape index (κ1) is 18.0. The van der Waals surface area contributed by atoms with Gasteiger partial charge in [0.1, 0.15) is 11.6 Å². The third kappa shape index (κ3) is 4.45. The summed E-state index contributed by atoms with van der Waals surface area (Å²) in [7, 11) is 0. The van der Waals surface area contributed by atoms with Crippen LogP contribution >= 0.6 is 0 Å². The maximum atomic E-state index is 13.3. The van der Waals surface area contributed by atoms with Crippen molar-refractivity contribution >= 4 is 11.8 Å². The molecule has 3 rings (SSSR count). The number of nitrogens with zero attached hydrogens (tertiary/aromatic N) is 2. The SMILES string of the molecule is O=C(Cc1ccc(F)cc1)N1CCCN(C(=O)c2cccc(F)c2)CC1. The van der Waals surface area contributed by atoms with E-state index in [4.69, 9.17) is 0 Å². The molecule has 136 valence electrons. The molecule has 6 heteroatoms. The van der Waals surface area contributed by atoms with Crippen molar-refractivity contribution in [1.82, 2.24) is 9.80 Å². The highest BCUT2D eigenvalue weighted by atomic mass is 19.1. The summed E-state index contributed by atoms with van der Waals surface area (Å²) in [5.74, 6) is -1.04. The molecular weight excluding hydrogens is 338 g/mol. The molecule has 0 spiro atoms. The molecule has 1 aliphatic heterocycles. The van der Waals surface area contributed by atoms with Crippen molar-refractivity contribution in [2.45, 2.75) is 12.8 Å². The maximum absolute atomic E-state index is 13.3. The number of carbonyl (C=O) groups is 2. The lowest BCUT2D eigenvalue weighted by molar-refractivity contribution is -0.130. The zero-order chi connectivity index (χ0) is 18.5. The minimum atomic E-state index is -0.443. The van der Waals surface area contributed by atoms with Crippen LogP contribution in [0.1, 0.15) is 22.3 Å². The van der Waals surface area contributed by atoms with Crippen molar-refractivity contribution in [3.8, 4) is 0 Å². The first-order valence-corrected chi connectivity index (χ1v) is 8.60. The smallest absolute Gasteiger partial charge is 0.254 e. The molecule has 0 radical (unpaired) electrons. The molecule has 1 heterocycles. The quantitative estimate of drug-likeness (QED) is 0.847. The summed E-state index contributed by atoms with van der Waals surface area (Å²) in [5.41, 5.74) is 1.07. The standard InChI is InChI=1S/C20H20F2N2O2/c21-17-7-5-15(6-8-17)13-19(25)23-9-2-10-24(12-11-23)20(26)16-3-1-4-18(22)14-16/h1,3-8,14H,2,9-13H2. The first-order chi connectivity index (χ1) is 12.5. The summed E-state index contributed by atoms with van der Waals surface area (Å²) in [4.78, 5) is 28.4. The van der Waals surface area contributed by atoms with Crippen LogP contribution in [0.25, 0.3) is 0 Å². The maximum Gasteiger partial charge on any atom is 0.254 e. The molecule has 2 aromatic carbocycles. The van der Waals surface area contributed by atoms with Gasteiger partial charge in [0.15, 0.2) is 0 Å². The van der Waals surface area contributed by atoms with E-state index in [0.29, 0.717) is 38.2 Å². The van der Waals surface area contributed by atoms with Crippen LogP contribution < -0.4 is 0 Å². The van der Waals surface area contributed by atoms with Gasteiger partial charge in [0.2, 0.25) is 5.91 Å². The average molecular weight is 358 g/mol. The lowest BCUT2D eigenvalue weighted by Gasteiger charge is -2.22. The van der Waals surface area contributed by atoms with Gasteiger partial charge in [-0.15, -0.1) is 0 Å². The normalized spacial score (nSPS) is 14.8. The van der Waals surface area contributed by atoms with Gasteiger partial charge in [0, 0.05) is 31.7 Å². The van der Waals surface area contributed by atoms with Crippen LogP contribution in [0.3, 0.4) is 0 Å². The molecule has 2 aromatic rings. The second-order valence-electron chi connectivity index (χ2n) is 6.34. The van der Waals surface area contributed by atoms with Crippen molar-refractivity contribution in [2.75, 3.05) is 26.2 Å². The Morgan fingerprint density at radius 2 is 1.54 bits per heavy atom. The highest BCUT2D eigenvalue weighted by molar-refractivity contribution is 5.94. The number of rotatable bonds is 3. The lowest BCUT2D eigenvalue weighted by Crippen LogP contribution is -2.38. The Labute approximate surface area is 151 Å². The van der Waals surface area contributed by atoms with Gasteiger partial charge < -0.3 is 9.80 Å². The van der Waals surface area contributed by atoms with Crippen molar-refractivity contribution in [3.63, 3.8) is 0 Å². The molecule has 2 amide bonds. The van der Waals surface area contributed by atoms with E-state index in [1.807, 2.05) is 0 Å². The minimum Gasteiger partial charge on any atom is -0.341 e. The molecule has 0 aromatic heterocycles. The van der Waals surface area contributed by atoms with E-state index in [-0.39, 0.29) is 24.1 Å². The van der Waals surface area contributed by atoms with Crippen molar-refractivity contribution in [3.05, 3.63) is 71.3 Å². The molecule has 1 aliphatic rings. The van der Waals surface area contributed by atoms with Gasteiger partial charge in [0.05, 0.1) is 6.42 Å². The van der Waals surface area contributed by atoms with E-state index >= 15 is 0 Å². The van der Waals surface area contributed by atoms with Crippen LogP contribution in [-0.4, -0.2) is 47.8 Å². The molecule has 0 atom stereocenters. The van der Waals surface area contributed by atoms with Crippen LogP contribution in [0.4, 0.5) is 8.78 Å². The third-order valence-corrected chi connectivity index (χ3v) is 4.48. The van der Waals surface area contributed by atoms with Gasteiger partial charge >= 0.3 is 0 Å². The Kier molecular flexibility index (Phi) is 5.61. The number of halogens is 2. The lowest BCUT2D eigenvalue weighted by atomic mass is 10.1. The zero-order valence-corrected chi connectivity index (χ0v) is 14.3. The van der Waals surface area contributed by atoms with Crippen LogP contribution in [0, 0.1) is 11.6 Å². The average Bonchev–Trinajstić information content (AvgIpc) is 2.89. The fraction of sp³-hybridized carbons (Fsp3) is 0.300. The Bertz CT molecular complexity index is 793. The topological polar surface area (TPSA) is 40.6 Å². The Morgan fingerprint density at radius 3 is 2.27 bits per heavy atom. The van der Waals surface area contributed by atoms with Gasteiger partial charge in [-0.1, -0.05) is 18.2 Å². The van der Waals surface area contributed by atoms with E-state index < -0.39 is 5.82 Å². The molecule has 4 nitrogen and oxygen atoms in total. The first-order valence-electron chi connectivity index (χ1n) is 8.60. The number of hydrogen-bond donors (Lipinski definition) is 0. The van der Waals surface area contributed by atoms with Gasteiger partial charge in [-0.3, -0.25) is 9.59 Å². The molecular formula is C20H20F2N2O2.